The molecule has 2 N–H and O–H groups in total. The van der Waals surface area contributed by atoms with Gasteiger partial charge in [-0.1, -0.05) is 62.7 Å². The number of rotatable bonds is 6. The lowest BCUT2D eigenvalue weighted by atomic mass is 9.59. The van der Waals surface area contributed by atoms with Crippen molar-refractivity contribution in [1.29, 1.82) is 0 Å². The van der Waals surface area contributed by atoms with E-state index in [0.29, 0.717) is 23.8 Å². The van der Waals surface area contributed by atoms with Gasteiger partial charge in [0.1, 0.15) is 5.54 Å². The van der Waals surface area contributed by atoms with Gasteiger partial charge in [0.2, 0.25) is 0 Å². The van der Waals surface area contributed by atoms with Crippen molar-refractivity contribution in [2.24, 2.45) is 11.8 Å². The smallest absolute Gasteiger partial charge is 0.331 e. The quantitative estimate of drug-likeness (QED) is 0.479. The molecule has 1 fully saturated rings. The summed E-state index contributed by atoms with van der Waals surface area (Å²) in [6.45, 7) is 6.34. The molecule has 1 unspecified atom stereocenters. The normalized spacial score (nSPS) is 26.7. The van der Waals surface area contributed by atoms with Gasteiger partial charge < -0.3 is 15.2 Å². The fraction of sp³-hybridized carbons (Fsp3) is 0.536. The molecule has 4 nitrogen and oxygen atoms in total. The van der Waals surface area contributed by atoms with Gasteiger partial charge in [-0.15, -0.1) is 0 Å². The van der Waals surface area contributed by atoms with E-state index in [-0.39, 0.29) is 23.9 Å². The van der Waals surface area contributed by atoms with Gasteiger partial charge in [-0.2, -0.15) is 0 Å². The van der Waals surface area contributed by atoms with E-state index in [0.717, 1.165) is 31.4 Å². The maximum atomic E-state index is 13.0. The number of benzene rings is 2. The van der Waals surface area contributed by atoms with Crippen molar-refractivity contribution < 1.29 is 14.6 Å². The summed E-state index contributed by atoms with van der Waals surface area (Å²) >= 11 is 6.18. The molecule has 0 saturated heterocycles. The van der Waals surface area contributed by atoms with E-state index >= 15 is 0 Å². The zero-order valence-corrected chi connectivity index (χ0v) is 21.1. The van der Waals surface area contributed by atoms with Gasteiger partial charge in [-0.05, 0) is 85.1 Å². The van der Waals surface area contributed by atoms with Crippen molar-refractivity contribution in [2.75, 3.05) is 19.0 Å². The number of anilines is 1. The van der Waals surface area contributed by atoms with Crippen molar-refractivity contribution in [3.8, 4) is 0 Å². The number of aliphatic hydroxyl groups excluding tert-OH is 1. The SMILES string of the molecule is CC.COC(=O)C1(Nc2cccc(Cl)c2)CCC2(CC1)c1ccccc1C[C@H]2CC(C)CO. The second-order valence-electron chi connectivity index (χ2n) is 9.45. The number of nitrogens with one attached hydrogen (secondary N) is 1. The highest BCUT2D eigenvalue weighted by molar-refractivity contribution is 6.30. The van der Waals surface area contributed by atoms with Crippen LogP contribution < -0.4 is 5.32 Å². The molecule has 1 saturated carbocycles. The molecule has 2 atom stereocenters. The van der Waals surface area contributed by atoms with Crippen LogP contribution in [0.1, 0.15) is 64.0 Å². The number of fused-ring (bicyclic) bond motifs is 2. The number of hydrogen-bond donors (Lipinski definition) is 2. The predicted octanol–water partition coefficient (Wildman–Crippen LogP) is 6.39. The largest absolute Gasteiger partial charge is 0.467 e. The second kappa shape index (κ2) is 10.9. The Hall–Kier alpha value is -2.04. The monoisotopic (exact) mass is 471 g/mol. The lowest BCUT2D eigenvalue weighted by Gasteiger charge is -2.47. The van der Waals surface area contributed by atoms with Crippen LogP contribution in [0, 0.1) is 11.8 Å². The molecule has 0 amide bonds. The van der Waals surface area contributed by atoms with Gasteiger partial charge in [-0.25, -0.2) is 4.79 Å². The van der Waals surface area contributed by atoms with E-state index < -0.39 is 5.54 Å². The van der Waals surface area contributed by atoms with E-state index in [1.165, 1.54) is 18.2 Å². The molecular formula is C28H38ClNO3. The number of halogens is 1. The minimum Gasteiger partial charge on any atom is -0.467 e. The van der Waals surface area contributed by atoms with Crippen LogP contribution in [0.2, 0.25) is 5.02 Å². The van der Waals surface area contributed by atoms with Crippen LogP contribution in [-0.2, 0) is 21.4 Å². The highest BCUT2D eigenvalue weighted by Crippen LogP contribution is 2.56. The van der Waals surface area contributed by atoms with Crippen molar-refractivity contribution in [2.45, 2.75) is 70.3 Å². The first-order valence-electron chi connectivity index (χ1n) is 12.2. The van der Waals surface area contributed by atoms with Gasteiger partial charge in [-0.3, -0.25) is 0 Å². The van der Waals surface area contributed by atoms with Crippen molar-refractivity contribution >= 4 is 23.3 Å². The Kier molecular flexibility index (Phi) is 8.47. The summed E-state index contributed by atoms with van der Waals surface area (Å²) in [5.74, 6) is 0.538. The first-order valence-corrected chi connectivity index (χ1v) is 12.6. The van der Waals surface area contributed by atoms with Gasteiger partial charge >= 0.3 is 5.97 Å². The van der Waals surface area contributed by atoms with Gasteiger partial charge in [0.25, 0.3) is 0 Å². The lowest BCUT2D eigenvalue weighted by Crippen LogP contribution is -2.53. The van der Waals surface area contributed by atoms with Crippen LogP contribution in [0.3, 0.4) is 0 Å². The van der Waals surface area contributed by atoms with Crippen LogP contribution in [0.25, 0.3) is 0 Å². The maximum Gasteiger partial charge on any atom is 0.331 e. The fourth-order valence-corrected chi connectivity index (χ4v) is 6.14. The highest BCUT2D eigenvalue weighted by Gasteiger charge is 2.54. The summed E-state index contributed by atoms with van der Waals surface area (Å²) in [5, 5.41) is 13.8. The molecule has 180 valence electrons. The van der Waals surface area contributed by atoms with Crippen LogP contribution in [0.4, 0.5) is 5.69 Å². The molecule has 0 bridgehead atoms. The van der Waals surface area contributed by atoms with Crippen molar-refractivity contribution in [1.82, 2.24) is 0 Å². The summed E-state index contributed by atoms with van der Waals surface area (Å²) < 4.78 is 5.26. The molecule has 2 aliphatic rings. The number of carbonyl (C=O) groups is 1. The van der Waals surface area contributed by atoms with Crippen molar-refractivity contribution in [3.05, 3.63) is 64.7 Å². The minimum absolute atomic E-state index is 0.0492. The lowest BCUT2D eigenvalue weighted by molar-refractivity contribution is -0.148. The minimum atomic E-state index is -0.755. The zero-order valence-electron chi connectivity index (χ0n) is 20.4. The van der Waals surface area contributed by atoms with Crippen molar-refractivity contribution in [3.63, 3.8) is 0 Å². The molecule has 33 heavy (non-hydrogen) atoms. The highest BCUT2D eigenvalue weighted by atomic mass is 35.5. The Bertz CT molecular complexity index is 936. The molecule has 0 aliphatic heterocycles. The van der Waals surface area contributed by atoms with Crippen LogP contribution >= 0.6 is 11.6 Å². The number of esters is 1. The van der Waals surface area contributed by atoms with Crippen LogP contribution in [-0.4, -0.2) is 30.3 Å². The third-order valence-electron chi connectivity index (χ3n) is 7.58. The van der Waals surface area contributed by atoms with E-state index in [9.17, 15) is 9.90 Å². The number of aliphatic hydroxyl groups is 1. The van der Waals surface area contributed by atoms with Gasteiger partial charge in [0.05, 0.1) is 7.11 Å². The third-order valence-corrected chi connectivity index (χ3v) is 7.82. The van der Waals surface area contributed by atoms with E-state index in [1.54, 1.807) is 0 Å². The Morgan fingerprint density at radius 1 is 1.15 bits per heavy atom. The molecule has 2 aromatic rings. The number of hydrogen-bond acceptors (Lipinski definition) is 4. The Labute approximate surface area is 203 Å². The van der Waals surface area contributed by atoms with E-state index in [2.05, 4.69) is 36.5 Å². The summed E-state index contributed by atoms with van der Waals surface area (Å²) in [7, 11) is 1.46. The topological polar surface area (TPSA) is 58.6 Å². The molecule has 0 aromatic heterocycles. The second-order valence-corrected chi connectivity index (χ2v) is 9.88. The Balaban J connectivity index is 0.00000149. The summed E-state index contributed by atoms with van der Waals surface area (Å²) in [6, 6.07) is 16.3. The number of carbonyl (C=O) groups excluding carboxylic acids is 1. The molecule has 0 radical (unpaired) electrons. The molecule has 1 spiro atoms. The predicted molar refractivity (Wildman–Crippen MR) is 136 cm³/mol. The van der Waals surface area contributed by atoms with Gasteiger partial charge in [0.15, 0.2) is 0 Å². The third kappa shape index (κ3) is 5.07. The maximum absolute atomic E-state index is 13.0. The first kappa shape index (κ1) is 25.6. The molecular weight excluding hydrogens is 434 g/mol. The Morgan fingerprint density at radius 2 is 1.85 bits per heavy atom. The first-order chi connectivity index (χ1) is 15.9. The average Bonchev–Trinajstić information content (AvgIpc) is 3.14. The number of ether oxygens (including phenoxy) is 1. The summed E-state index contributed by atoms with van der Waals surface area (Å²) in [4.78, 5) is 13.0. The average molecular weight is 472 g/mol. The van der Waals surface area contributed by atoms with E-state index in [1.807, 2.05) is 38.1 Å². The van der Waals surface area contributed by atoms with E-state index in [4.69, 9.17) is 16.3 Å². The molecule has 4 rings (SSSR count). The zero-order chi connectivity index (χ0) is 24.1. The standard InChI is InChI=1S/C26H32ClNO3.C2H6/c1-18(17-29)14-20-15-19-6-3-4-9-23(19)25(20)10-12-26(13-11-25,24(30)31-2)28-22-8-5-7-21(27)16-22;1-2/h3-9,16,18,20,28-29H,10-15,17H2,1-2H3;1-2H3/t18?,20-,25?,26?;/m1./s1. The number of methoxy groups -OCH3 is 1. The molecule has 0 heterocycles. The Morgan fingerprint density at radius 3 is 2.48 bits per heavy atom. The molecule has 5 heteroatoms. The summed E-state index contributed by atoms with van der Waals surface area (Å²) in [6.07, 6.45) is 5.27. The van der Waals surface area contributed by atoms with Crippen LogP contribution in [0.5, 0.6) is 0 Å². The molecule has 2 aromatic carbocycles. The van der Waals surface area contributed by atoms with Crippen LogP contribution in [0.15, 0.2) is 48.5 Å². The molecule has 2 aliphatic carbocycles. The fourth-order valence-electron chi connectivity index (χ4n) is 5.95. The van der Waals surface area contributed by atoms with Gasteiger partial charge in [0, 0.05) is 17.3 Å². The summed E-state index contributed by atoms with van der Waals surface area (Å²) in [5.41, 5.74) is 2.99.